The molecule has 0 bridgehead atoms. The molecule has 2 aliphatic heterocycles. The Morgan fingerprint density at radius 1 is 1.15 bits per heavy atom. The first-order chi connectivity index (χ1) is 9.74. The summed E-state index contributed by atoms with van der Waals surface area (Å²) in [7, 11) is 0. The van der Waals surface area contributed by atoms with Crippen molar-refractivity contribution in [3.05, 3.63) is 29.8 Å². The Kier molecular flexibility index (Phi) is 4.29. The molecule has 0 aliphatic carbocycles. The molecule has 0 saturated carbocycles. The quantitative estimate of drug-likeness (QED) is 0.791. The van der Waals surface area contributed by atoms with Crippen LogP contribution in [0.2, 0.25) is 0 Å². The van der Waals surface area contributed by atoms with Crippen LogP contribution in [0.1, 0.15) is 31.2 Å². The smallest absolute Gasteiger partial charge is 0.224 e. The van der Waals surface area contributed by atoms with Gasteiger partial charge in [-0.3, -0.25) is 4.79 Å². The Balaban J connectivity index is 1.77. The normalized spacial score (nSPS) is 23.4. The predicted octanol–water partition coefficient (Wildman–Crippen LogP) is 3.17. The number of amides is 1. The maximum absolute atomic E-state index is 12.0. The van der Waals surface area contributed by atoms with Crippen LogP contribution in [-0.2, 0) is 11.3 Å². The van der Waals surface area contributed by atoms with Crippen molar-refractivity contribution in [3.63, 3.8) is 0 Å². The molecule has 1 aromatic carbocycles. The topological polar surface area (TPSA) is 23.6 Å². The Morgan fingerprint density at radius 2 is 1.90 bits per heavy atom. The first kappa shape index (κ1) is 13.9. The van der Waals surface area contributed by atoms with Crippen molar-refractivity contribution in [2.75, 3.05) is 24.5 Å². The third-order valence-electron chi connectivity index (χ3n) is 4.22. The van der Waals surface area contributed by atoms with Crippen LogP contribution in [0.15, 0.2) is 24.3 Å². The van der Waals surface area contributed by atoms with Crippen molar-refractivity contribution < 1.29 is 4.79 Å². The summed E-state index contributed by atoms with van der Waals surface area (Å²) in [5, 5.41) is 0. The van der Waals surface area contributed by atoms with E-state index in [4.69, 9.17) is 0 Å². The minimum Gasteiger partial charge on any atom is -0.371 e. The highest BCUT2D eigenvalue weighted by atomic mass is 79.9. The van der Waals surface area contributed by atoms with Gasteiger partial charge < -0.3 is 9.80 Å². The first-order valence-corrected chi connectivity index (χ1v) is 8.40. The lowest BCUT2D eigenvalue weighted by Crippen LogP contribution is -2.31. The lowest BCUT2D eigenvalue weighted by molar-refractivity contribution is -0.128. The van der Waals surface area contributed by atoms with E-state index in [0.717, 1.165) is 26.2 Å². The van der Waals surface area contributed by atoms with Gasteiger partial charge in [0.2, 0.25) is 5.91 Å². The van der Waals surface area contributed by atoms with Gasteiger partial charge in [0.05, 0.1) is 0 Å². The monoisotopic (exact) mass is 336 g/mol. The average molecular weight is 337 g/mol. The lowest BCUT2D eigenvalue weighted by Gasteiger charge is -2.31. The van der Waals surface area contributed by atoms with Crippen LogP contribution >= 0.6 is 15.9 Å². The standard InChI is InChI=1S/C16H21BrN2O/c17-14-10-16(20)19(12-14)11-13-6-2-3-7-15(13)18-8-4-1-5-9-18/h2-3,6-7,14H,1,4-5,8-12H2. The number of hydrogen-bond donors (Lipinski definition) is 0. The Labute approximate surface area is 129 Å². The van der Waals surface area contributed by atoms with Crippen molar-refractivity contribution in [2.24, 2.45) is 0 Å². The van der Waals surface area contributed by atoms with Gasteiger partial charge in [-0.1, -0.05) is 34.1 Å². The molecule has 0 aromatic heterocycles. The molecule has 0 N–H and O–H groups in total. The number of para-hydroxylation sites is 1. The minimum absolute atomic E-state index is 0.264. The number of alkyl halides is 1. The van der Waals surface area contributed by atoms with E-state index in [0.29, 0.717) is 11.2 Å². The van der Waals surface area contributed by atoms with E-state index in [2.05, 4.69) is 45.1 Å². The second-order valence-electron chi connectivity index (χ2n) is 5.75. The number of likely N-dealkylation sites (tertiary alicyclic amines) is 1. The van der Waals surface area contributed by atoms with Crippen molar-refractivity contribution in [2.45, 2.75) is 37.1 Å². The van der Waals surface area contributed by atoms with Crippen molar-refractivity contribution in [1.82, 2.24) is 4.90 Å². The highest BCUT2D eigenvalue weighted by molar-refractivity contribution is 9.09. The Hall–Kier alpha value is -1.03. The van der Waals surface area contributed by atoms with Crippen molar-refractivity contribution >= 4 is 27.5 Å². The summed E-state index contributed by atoms with van der Waals surface area (Å²) in [6.45, 7) is 3.86. The highest BCUT2D eigenvalue weighted by Gasteiger charge is 2.28. The summed E-state index contributed by atoms with van der Waals surface area (Å²) in [4.78, 5) is 16.7. The van der Waals surface area contributed by atoms with E-state index < -0.39 is 0 Å². The van der Waals surface area contributed by atoms with Crippen molar-refractivity contribution in [3.8, 4) is 0 Å². The van der Waals surface area contributed by atoms with Crippen LogP contribution in [0.4, 0.5) is 5.69 Å². The number of benzene rings is 1. The molecule has 1 amide bonds. The molecule has 1 atom stereocenters. The fraction of sp³-hybridized carbons (Fsp3) is 0.562. The number of nitrogens with zero attached hydrogens (tertiary/aromatic N) is 2. The van der Waals surface area contributed by atoms with Gasteiger partial charge in [-0.2, -0.15) is 0 Å². The molecule has 3 nitrogen and oxygen atoms in total. The molecular formula is C16H21BrN2O. The average Bonchev–Trinajstić information content (AvgIpc) is 2.78. The number of rotatable bonds is 3. The molecule has 4 heteroatoms. The van der Waals surface area contributed by atoms with Gasteiger partial charge in [-0.05, 0) is 30.9 Å². The summed E-state index contributed by atoms with van der Waals surface area (Å²) in [6.07, 6.45) is 4.53. The fourth-order valence-electron chi connectivity index (χ4n) is 3.17. The van der Waals surface area contributed by atoms with Gasteiger partial charge in [0, 0.05) is 43.1 Å². The van der Waals surface area contributed by atoms with Gasteiger partial charge in [0.25, 0.3) is 0 Å². The number of carbonyl (C=O) groups is 1. The summed E-state index contributed by atoms with van der Waals surface area (Å²) >= 11 is 3.55. The first-order valence-electron chi connectivity index (χ1n) is 7.49. The van der Waals surface area contributed by atoms with E-state index in [1.807, 2.05) is 4.90 Å². The van der Waals surface area contributed by atoms with Crippen LogP contribution in [0.3, 0.4) is 0 Å². The number of hydrogen-bond acceptors (Lipinski definition) is 2. The molecule has 20 heavy (non-hydrogen) atoms. The Morgan fingerprint density at radius 3 is 2.60 bits per heavy atom. The van der Waals surface area contributed by atoms with Crippen molar-refractivity contribution in [1.29, 1.82) is 0 Å². The van der Waals surface area contributed by atoms with Crippen LogP contribution in [0.25, 0.3) is 0 Å². The number of halogens is 1. The number of piperidine rings is 1. The lowest BCUT2D eigenvalue weighted by atomic mass is 10.1. The van der Waals surface area contributed by atoms with Crippen LogP contribution < -0.4 is 4.90 Å². The summed E-state index contributed by atoms with van der Waals surface area (Å²) in [5.41, 5.74) is 2.60. The molecule has 0 radical (unpaired) electrons. The number of anilines is 1. The molecule has 1 aromatic rings. The fourth-order valence-corrected chi connectivity index (χ4v) is 3.80. The maximum atomic E-state index is 12.0. The molecule has 3 rings (SSSR count). The van der Waals surface area contributed by atoms with E-state index in [9.17, 15) is 4.79 Å². The zero-order valence-electron chi connectivity index (χ0n) is 11.7. The van der Waals surface area contributed by atoms with Crippen LogP contribution in [-0.4, -0.2) is 35.3 Å². The predicted molar refractivity (Wildman–Crippen MR) is 85.3 cm³/mol. The van der Waals surface area contributed by atoms with E-state index in [-0.39, 0.29) is 5.91 Å². The second kappa shape index (κ2) is 6.17. The van der Waals surface area contributed by atoms with E-state index in [1.54, 1.807) is 0 Å². The van der Waals surface area contributed by atoms with Gasteiger partial charge >= 0.3 is 0 Å². The molecule has 108 valence electrons. The van der Waals surface area contributed by atoms with E-state index in [1.165, 1.54) is 30.5 Å². The van der Waals surface area contributed by atoms with Crippen LogP contribution in [0.5, 0.6) is 0 Å². The molecule has 0 spiro atoms. The Bertz CT molecular complexity index is 485. The van der Waals surface area contributed by atoms with Crippen LogP contribution in [0, 0.1) is 0 Å². The summed E-state index contributed by atoms with van der Waals surface area (Å²) < 4.78 is 0. The molecular weight excluding hydrogens is 316 g/mol. The second-order valence-corrected chi connectivity index (χ2v) is 7.05. The van der Waals surface area contributed by atoms with Gasteiger partial charge in [0.1, 0.15) is 0 Å². The molecule has 1 unspecified atom stereocenters. The zero-order chi connectivity index (χ0) is 13.9. The van der Waals surface area contributed by atoms with E-state index >= 15 is 0 Å². The summed E-state index contributed by atoms with van der Waals surface area (Å²) in [5.74, 6) is 0.264. The SMILES string of the molecule is O=C1CC(Br)CN1Cc1ccccc1N1CCCCC1. The minimum atomic E-state index is 0.264. The summed E-state index contributed by atoms with van der Waals surface area (Å²) in [6, 6.07) is 8.55. The van der Waals surface area contributed by atoms with Gasteiger partial charge in [-0.15, -0.1) is 0 Å². The molecule has 2 saturated heterocycles. The third kappa shape index (κ3) is 3.00. The largest absolute Gasteiger partial charge is 0.371 e. The highest BCUT2D eigenvalue weighted by Crippen LogP contribution is 2.27. The number of carbonyl (C=O) groups excluding carboxylic acids is 1. The molecule has 2 heterocycles. The van der Waals surface area contributed by atoms with Gasteiger partial charge in [0.15, 0.2) is 0 Å². The van der Waals surface area contributed by atoms with Gasteiger partial charge in [-0.25, -0.2) is 0 Å². The molecule has 2 fully saturated rings. The third-order valence-corrected chi connectivity index (χ3v) is 4.83. The molecule has 2 aliphatic rings. The zero-order valence-corrected chi connectivity index (χ0v) is 13.3. The maximum Gasteiger partial charge on any atom is 0.224 e.